The number of ether oxygens (including phenoxy) is 1. The highest BCUT2D eigenvalue weighted by atomic mass is 31.2. The van der Waals surface area contributed by atoms with Crippen molar-refractivity contribution in [3.8, 4) is 0 Å². The normalized spacial score (nSPS) is 31.4. The second-order valence-corrected chi connectivity index (χ2v) is 15.3. The van der Waals surface area contributed by atoms with Crippen molar-refractivity contribution in [3.05, 3.63) is 30.6 Å². The van der Waals surface area contributed by atoms with Crippen LogP contribution in [0.25, 0.3) is 0 Å². The molecule has 7 N–H and O–H groups in total. The van der Waals surface area contributed by atoms with Crippen molar-refractivity contribution < 1.29 is 57.1 Å². The molecule has 18 nitrogen and oxygen atoms in total. The Morgan fingerprint density at radius 3 is 2.42 bits per heavy atom. The number of rotatable bonds is 6. The third-order valence-electron chi connectivity index (χ3n) is 9.15. The highest BCUT2D eigenvalue weighted by Crippen LogP contribution is 2.46. The number of amides is 4. The molecule has 2 aliphatic rings. The molecule has 3 heterocycles. The van der Waals surface area contributed by atoms with Crippen LogP contribution in [0.3, 0.4) is 0 Å². The fourth-order valence-corrected chi connectivity index (χ4v) is 7.26. The number of aliphatic hydroxyl groups excluding tert-OH is 1. The summed E-state index contributed by atoms with van der Waals surface area (Å²) < 4.78 is 28.6. The number of phosphoric ester groups is 1. The maximum Gasteiger partial charge on any atom is 0.472 e. The summed E-state index contributed by atoms with van der Waals surface area (Å²) in [6, 6.07) is -3.47. The summed E-state index contributed by atoms with van der Waals surface area (Å²) in [5.41, 5.74) is 6.01. The summed E-state index contributed by atoms with van der Waals surface area (Å²) in [5, 5.41) is 15.4. The van der Waals surface area contributed by atoms with Gasteiger partial charge in [-0.15, -0.1) is 0 Å². The van der Waals surface area contributed by atoms with Crippen molar-refractivity contribution in [1.29, 1.82) is 0 Å². The predicted molar refractivity (Wildman–Crippen MR) is 188 cm³/mol. The van der Waals surface area contributed by atoms with Gasteiger partial charge in [-0.3, -0.25) is 37.8 Å². The first-order chi connectivity index (χ1) is 25.0. The second-order valence-electron chi connectivity index (χ2n) is 13.9. The summed E-state index contributed by atoms with van der Waals surface area (Å²) in [6.07, 6.45) is 4.91. The van der Waals surface area contributed by atoms with Gasteiger partial charge in [-0.2, -0.15) is 0 Å². The number of H-pyrrole nitrogens is 1. The van der Waals surface area contributed by atoms with E-state index < -0.39 is 92.3 Å². The van der Waals surface area contributed by atoms with Crippen LogP contribution in [0.15, 0.2) is 24.9 Å². The zero-order valence-corrected chi connectivity index (χ0v) is 31.5. The molecule has 2 bridgehead atoms. The first-order valence-electron chi connectivity index (χ1n) is 17.8. The Labute approximate surface area is 308 Å². The Morgan fingerprint density at radius 1 is 1.09 bits per heavy atom. The Balaban J connectivity index is 1.93. The molecule has 0 saturated carbocycles. The number of nitrogens with zero attached hydrogens (tertiary/aromatic N) is 2. The van der Waals surface area contributed by atoms with Gasteiger partial charge in [0.1, 0.15) is 18.2 Å². The van der Waals surface area contributed by atoms with E-state index >= 15 is 0 Å². The lowest BCUT2D eigenvalue weighted by atomic mass is 9.89. The van der Waals surface area contributed by atoms with Crippen LogP contribution in [-0.4, -0.2) is 110 Å². The Kier molecular flexibility index (Phi) is 16.8. The van der Waals surface area contributed by atoms with Gasteiger partial charge >= 0.3 is 7.82 Å². The molecule has 1 saturated heterocycles. The molecular formula is C34H53N6O12P. The number of likely N-dealkylation sites (tertiary alicyclic amines) is 1. The van der Waals surface area contributed by atoms with E-state index in [0.29, 0.717) is 25.0 Å². The van der Waals surface area contributed by atoms with Gasteiger partial charge < -0.3 is 41.0 Å². The van der Waals surface area contributed by atoms with Crippen molar-refractivity contribution in [2.24, 2.45) is 23.5 Å². The molecule has 1 fully saturated rings. The van der Waals surface area contributed by atoms with Crippen LogP contribution in [0.5, 0.6) is 0 Å². The standard InChI is InChI=1S/C34H53N6O12P/c1-20(2)11-27-30(43)13-23(12-24-16-36-19-37-24)33(46)39-28(18-41)31(44)15-26(32(35)45)21(3)52-53(48,49)51-10-8-6-5-7-9-50-25-14-29(34(47)38-27)40(17-25)22(4)42/h7,9,16,19-21,23,25-29,41H,5-6,8,10-15,17-18H2,1-4H3,(H2,35,45)(H,36,37)(H,38,47)(H,39,46)(H,48,49)/b9-7+/t21-,23-,25-,26+,27+,28+,29+/m1/s1. The molecule has 8 atom stereocenters. The van der Waals surface area contributed by atoms with Crippen molar-refractivity contribution in [1.82, 2.24) is 25.5 Å². The molecule has 296 valence electrons. The molecule has 1 unspecified atom stereocenters. The minimum atomic E-state index is -4.69. The van der Waals surface area contributed by atoms with Crippen molar-refractivity contribution in [3.63, 3.8) is 0 Å². The number of primary amides is 1. The molecule has 0 spiro atoms. The van der Waals surface area contributed by atoms with Gasteiger partial charge in [0.05, 0.1) is 56.3 Å². The number of aliphatic hydroxyl groups is 1. The number of allylic oxidation sites excluding steroid dienone is 1. The molecule has 3 rings (SSSR count). The lowest BCUT2D eigenvalue weighted by Crippen LogP contribution is -2.52. The maximum atomic E-state index is 13.9. The third kappa shape index (κ3) is 13.8. The first kappa shape index (κ1) is 43.4. The van der Waals surface area contributed by atoms with E-state index in [2.05, 4.69) is 20.6 Å². The first-order valence-corrected chi connectivity index (χ1v) is 19.3. The number of carbonyl (C=O) groups is 6. The average molecular weight is 769 g/mol. The number of ketones is 2. The van der Waals surface area contributed by atoms with Gasteiger partial charge in [-0.25, -0.2) is 9.55 Å². The SMILES string of the molecule is CC(=O)N1C[C@H]2C[C@H]1C(=O)N[C@@H](CC(C)C)C(=O)C[C@@H](Cc1cnc[nH]1)C(=O)N[C@@H](CO)C(=O)C[C@H](C(N)=O)[C@@H](C)OP(=O)(O)OCCCC/C=C/O2. The maximum absolute atomic E-state index is 13.9. The Bertz CT molecular complexity index is 1500. The summed E-state index contributed by atoms with van der Waals surface area (Å²) in [5.74, 6) is -6.59. The van der Waals surface area contributed by atoms with Crippen molar-refractivity contribution in [2.75, 3.05) is 19.8 Å². The van der Waals surface area contributed by atoms with Gasteiger partial charge in [0, 0.05) is 44.5 Å². The molecule has 53 heavy (non-hydrogen) atoms. The van der Waals surface area contributed by atoms with Crippen LogP contribution in [0.2, 0.25) is 0 Å². The van der Waals surface area contributed by atoms with Gasteiger partial charge in [0.25, 0.3) is 0 Å². The molecule has 0 radical (unpaired) electrons. The Morgan fingerprint density at radius 2 is 1.79 bits per heavy atom. The summed E-state index contributed by atoms with van der Waals surface area (Å²) in [7, 11) is -4.69. The van der Waals surface area contributed by atoms with Crippen LogP contribution in [0.1, 0.15) is 78.3 Å². The minimum absolute atomic E-state index is 0.0277. The smallest absolute Gasteiger partial charge is 0.472 e. The summed E-state index contributed by atoms with van der Waals surface area (Å²) >= 11 is 0. The van der Waals surface area contributed by atoms with Crippen LogP contribution in [-0.2, 0) is 53.5 Å². The van der Waals surface area contributed by atoms with Gasteiger partial charge in [0.15, 0.2) is 11.6 Å². The minimum Gasteiger partial charge on any atom is -0.496 e. The number of Topliss-reactive ketones (excluding diaryl/α,β-unsaturated/α-hetero) is 2. The quantitative estimate of drug-likeness (QED) is 0.219. The van der Waals surface area contributed by atoms with Crippen LogP contribution < -0.4 is 16.4 Å². The molecule has 4 amide bonds. The highest BCUT2D eigenvalue weighted by molar-refractivity contribution is 7.47. The number of carbonyl (C=O) groups excluding carboxylic acids is 6. The number of imidazole rings is 1. The van der Waals surface area contributed by atoms with Crippen molar-refractivity contribution in [2.45, 2.75) is 109 Å². The number of nitrogens with one attached hydrogen (secondary N) is 3. The fraction of sp³-hybridized carbons (Fsp3) is 0.676. The van der Waals surface area contributed by atoms with Crippen LogP contribution >= 0.6 is 7.82 Å². The number of hydrogen-bond acceptors (Lipinski definition) is 12. The zero-order chi connectivity index (χ0) is 39.3. The molecular weight excluding hydrogens is 715 g/mol. The Hall–Kier alpha value is -3.96. The van der Waals surface area contributed by atoms with E-state index in [1.54, 1.807) is 6.08 Å². The highest BCUT2D eigenvalue weighted by Gasteiger charge is 2.41. The molecule has 0 aromatic carbocycles. The molecule has 1 aromatic heterocycles. The number of phosphoric acid groups is 1. The molecule has 19 heteroatoms. The van der Waals surface area contributed by atoms with Gasteiger partial charge in [0.2, 0.25) is 23.6 Å². The number of hydrogen-bond donors (Lipinski definition) is 6. The van der Waals surface area contributed by atoms with Crippen LogP contribution in [0, 0.1) is 17.8 Å². The largest absolute Gasteiger partial charge is 0.496 e. The second kappa shape index (κ2) is 20.5. The average Bonchev–Trinajstić information content (AvgIpc) is 3.76. The predicted octanol–water partition coefficient (Wildman–Crippen LogP) is 0.822. The van der Waals surface area contributed by atoms with E-state index in [9.17, 15) is 43.3 Å². The lowest BCUT2D eigenvalue weighted by Gasteiger charge is -2.27. The molecule has 2 aliphatic heterocycles. The van der Waals surface area contributed by atoms with E-state index in [0.717, 1.165) is 0 Å². The summed E-state index contributed by atoms with van der Waals surface area (Å²) in [4.78, 5) is 98.0. The molecule has 1 aromatic rings. The number of aromatic nitrogens is 2. The lowest BCUT2D eigenvalue weighted by molar-refractivity contribution is -0.138. The van der Waals surface area contributed by atoms with E-state index in [1.165, 1.54) is 37.5 Å². The fourth-order valence-electron chi connectivity index (χ4n) is 6.27. The van der Waals surface area contributed by atoms with Crippen molar-refractivity contribution >= 4 is 43.0 Å². The monoisotopic (exact) mass is 768 g/mol. The van der Waals surface area contributed by atoms with E-state index in [4.69, 9.17) is 19.5 Å². The number of nitrogens with two attached hydrogens (primary N) is 1. The van der Waals surface area contributed by atoms with Gasteiger partial charge in [-0.1, -0.05) is 13.8 Å². The zero-order valence-electron chi connectivity index (χ0n) is 30.6. The van der Waals surface area contributed by atoms with Gasteiger partial charge in [-0.05, 0) is 44.6 Å². The summed E-state index contributed by atoms with van der Waals surface area (Å²) in [6.45, 7) is 5.44. The van der Waals surface area contributed by atoms with E-state index in [-0.39, 0.29) is 50.7 Å². The topological polar surface area (TPSA) is 270 Å². The number of aromatic amines is 1. The number of fused-ring (bicyclic) bond motifs is 2. The van der Waals surface area contributed by atoms with E-state index in [1.807, 2.05) is 13.8 Å². The molecule has 0 aliphatic carbocycles. The third-order valence-corrected chi connectivity index (χ3v) is 10.3. The van der Waals surface area contributed by atoms with Crippen LogP contribution in [0.4, 0.5) is 0 Å².